The van der Waals surface area contributed by atoms with E-state index in [4.69, 9.17) is 0 Å². The van der Waals surface area contributed by atoms with E-state index < -0.39 is 32.6 Å². The van der Waals surface area contributed by atoms with Crippen molar-refractivity contribution in [2.45, 2.75) is 17.9 Å². The highest BCUT2D eigenvalue weighted by Gasteiger charge is 2.33. The van der Waals surface area contributed by atoms with Crippen molar-refractivity contribution in [1.29, 1.82) is 0 Å². The van der Waals surface area contributed by atoms with Gasteiger partial charge in [0.1, 0.15) is 22.6 Å². The molecule has 1 amide bonds. The molecule has 0 radical (unpaired) electrons. The summed E-state index contributed by atoms with van der Waals surface area (Å²) in [5.74, 6) is -2.01. The van der Waals surface area contributed by atoms with Crippen LogP contribution in [0.15, 0.2) is 41.6 Å². The molecule has 0 N–H and O–H groups in total. The van der Waals surface area contributed by atoms with Gasteiger partial charge in [0.2, 0.25) is 15.9 Å². The number of nitrogens with zero attached hydrogens (tertiary/aromatic N) is 4. The first-order chi connectivity index (χ1) is 12.3. The first kappa shape index (κ1) is 18.5. The third kappa shape index (κ3) is 3.47. The quantitative estimate of drug-likeness (QED) is 0.795. The van der Waals surface area contributed by atoms with Crippen molar-refractivity contribution in [3.8, 4) is 0 Å². The fourth-order valence-corrected chi connectivity index (χ4v) is 4.35. The maximum absolute atomic E-state index is 13.8. The SMILES string of the molecule is CC(C(=O)N1CCN(S(=O)(=O)c2cc(F)ccc2F)CC1)n1cccn1. The number of sulfonamides is 1. The van der Waals surface area contributed by atoms with Gasteiger partial charge < -0.3 is 4.90 Å². The molecule has 2 heterocycles. The molecule has 26 heavy (non-hydrogen) atoms. The van der Waals surface area contributed by atoms with E-state index in [2.05, 4.69) is 5.10 Å². The molecule has 1 aliphatic heterocycles. The zero-order valence-corrected chi connectivity index (χ0v) is 14.9. The van der Waals surface area contributed by atoms with Crippen molar-refractivity contribution in [2.24, 2.45) is 0 Å². The van der Waals surface area contributed by atoms with Crippen LogP contribution in [0.2, 0.25) is 0 Å². The van der Waals surface area contributed by atoms with Crippen LogP contribution in [0.25, 0.3) is 0 Å². The van der Waals surface area contributed by atoms with Crippen molar-refractivity contribution in [3.63, 3.8) is 0 Å². The van der Waals surface area contributed by atoms with E-state index in [-0.39, 0.29) is 32.1 Å². The van der Waals surface area contributed by atoms with Gasteiger partial charge in [0.25, 0.3) is 0 Å². The summed E-state index contributed by atoms with van der Waals surface area (Å²) in [6.45, 7) is 2.06. The van der Waals surface area contributed by atoms with E-state index in [0.717, 1.165) is 16.4 Å². The molecular weight excluding hydrogens is 366 g/mol. The minimum atomic E-state index is -4.16. The lowest BCUT2D eigenvalue weighted by Gasteiger charge is -2.35. The number of amides is 1. The molecule has 1 saturated heterocycles. The van der Waals surface area contributed by atoms with E-state index in [1.54, 1.807) is 30.3 Å². The number of piperazine rings is 1. The zero-order valence-electron chi connectivity index (χ0n) is 14.0. The molecule has 1 unspecified atom stereocenters. The Morgan fingerprint density at radius 2 is 1.88 bits per heavy atom. The molecule has 1 fully saturated rings. The van der Waals surface area contributed by atoms with Crippen LogP contribution in [0, 0.1) is 11.6 Å². The van der Waals surface area contributed by atoms with E-state index >= 15 is 0 Å². The largest absolute Gasteiger partial charge is 0.338 e. The predicted octanol–water partition coefficient (Wildman–Crippen LogP) is 1.26. The summed E-state index contributed by atoms with van der Waals surface area (Å²) in [6.07, 6.45) is 3.25. The monoisotopic (exact) mass is 384 g/mol. The number of carbonyl (C=O) groups is 1. The first-order valence-electron chi connectivity index (χ1n) is 8.04. The molecule has 140 valence electrons. The number of rotatable bonds is 4. The fraction of sp³-hybridized carbons (Fsp3) is 0.375. The van der Waals surface area contributed by atoms with Crippen LogP contribution in [-0.2, 0) is 14.8 Å². The molecule has 1 aromatic heterocycles. The maximum Gasteiger partial charge on any atom is 0.247 e. The number of carbonyl (C=O) groups excluding carboxylic acids is 1. The Labute approximate surface area is 149 Å². The highest BCUT2D eigenvalue weighted by atomic mass is 32.2. The summed E-state index contributed by atoms with van der Waals surface area (Å²) in [5, 5.41) is 4.03. The summed E-state index contributed by atoms with van der Waals surface area (Å²) in [5.41, 5.74) is 0. The molecular formula is C16H18F2N4O3S. The van der Waals surface area contributed by atoms with Crippen molar-refractivity contribution >= 4 is 15.9 Å². The number of hydrogen-bond donors (Lipinski definition) is 0. The van der Waals surface area contributed by atoms with Gasteiger partial charge >= 0.3 is 0 Å². The third-order valence-corrected chi connectivity index (χ3v) is 6.25. The fourth-order valence-electron chi connectivity index (χ4n) is 2.85. The second-order valence-corrected chi connectivity index (χ2v) is 7.87. The van der Waals surface area contributed by atoms with Gasteiger partial charge in [0.05, 0.1) is 0 Å². The lowest BCUT2D eigenvalue weighted by molar-refractivity contribution is -0.135. The van der Waals surface area contributed by atoms with Gasteiger partial charge in [-0.3, -0.25) is 9.48 Å². The van der Waals surface area contributed by atoms with Crippen LogP contribution < -0.4 is 0 Å². The minimum absolute atomic E-state index is 0.00978. The topological polar surface area (TPSA) is 75.5 Å². The molecule has 1 aromatic carbocycles. The van der Waals surface area contributed by atoms with Crippen molar-refractivity contribution in [2.75, 3.05) is 26.2 Å². The predicted molar refractivity (Wildman–Crippen MR) is 88.6 cm³/mol. The van der Waals surface area contributed by atoms with Crippen molar-refractivity contribution < 1.29 is 22.0 Å². The number of halogens is 2. The van der Waals surface area contributed by atoms with Gasteiger partial charge in [-0.15, -0.1) is 0 Å². The summed E-state index contributed by atoms with van der Waals surface area (Å²) >= 11 is 0. The molecule has 10 heteroatoms. The number of aromatic nitrogens is 2. The molecule has 0 bridgehead atoms. The van der Waals surface area contributed by atoms with E-state index in [1.807, 2.05) is 0 Å². The molecule has 2 aromatic rings. The van der Waals surface area contributed by atoms with Crippen molar-refractivity contribution in [3.05, 3.63) is 48.3 Å². The Morgan fingerprint density at radius 3 is 2.50 bits per heavy atom. The number of benzene rings is 1. The lowest BCUT2D eigenvalue weighted by Crippen LogP contribution is -2.51. The minimum Gasteiger partial charge on any atom is -0.338 e. The summed E-state index contributed by atoms with van der Waals surface area (Å²) in [4.78, 5) is 13.4. The Balaban J connectivity index is 1.70. The summed E-state index contributed by atoms with van der Waals surface area (Å²) in [6, 6.07) is 3.52. The number of hydrogen-bond acceptors (Lipinski definition) is 4. The highest BCUT2D eigenvalue weighted by Crippen LogP contribution is 2.22. The molecule has 0 spiro atoms. The van der Waals surface area contributed by atoms with Crippen LogP contribution in [-0.4, -0.2) is 59.5 Å². The molecule has 1 atom stereocenters. The van der Waals surface area contributed by atoms with E-state index in [1.165, 1.54) is 4.68 Å². The second-order valence-electron chi connectivity index (χ2n) is 5.97. The Kier molecular flexibility index (Phi) is 5.05. The Bertz CT molecular complexity index is 894. The third-order valence-electron chi connectivity index (χ3n) is 4.34. The smallest absolute Gasteiger partial charge is 0.247 e. The summed E-state index contributed by atoms with van der Waals surface area (Å²) < 4.78 is 54.9. The van der Waals surface area contributed by atoms with Gasteiger partial charge in [-0.1, -0.05) is 0 Å². The van der Waals surface area contributed by atoms with E-state index in [9.17, 15) is 22.0 Å². The summed E-state index contributed by atoms with van der Waals surface area (Å²) in [7, 11) is -4.16. The normalized spacial score (nSPS) is 17.3. The van der Waals surface area contributed by atoms with Gasteiger partial charge in [0.15, 0.2) is 0 Å². The average Bonchev–Trinajstić information content (AvgIpc) is 3.17. The van der Waals surface area contributed by atoms with Gasteiger partial charge in [-0.2, -0.15) is 9.40 Å². The van der Waals surface area contributed by atoms with Gasteiger partial charge in [-0.05, 0) is 31.2 Å². The second kappa shape index (κ2) is 7.12. The molecule has 0 saturated carbocycles. The molecule has 1 aliphatic rings. The zero-order chi connectivity index (χ0) is 18.9. The standard InChI is InChI=1S/C16H18F2N4O3S/c1-12(22-6-2-5-19-22)16(23)20-7-9-21(10-8-20)26(24,25)15-11-13(17)3-4-14(15)18/h2-6,11-12H,7-10H2,1H3. The van der Waals surface area contributed by atoms with Crippen LogP contribution in [0.3, 0.4) is 0 Å². The molecule has 0 aliphatic carbocycles. The Morgan fingerprint density at radius 1 is 1.19 bits per heavy atom. The molecule has 7 nitrogen and oxygen atoms in total. The van der Waals surface area contributed by atoms with Crippen LogP contribution in [0.1, 0.15) is 13.0 Å². The Hall–Kier alpha value is -2.33. The van der Waals surface area contributed by atoms with Crippen LogP contribution in [0.5, 0.6) is 0 Å². The molecule has 3 rings (SSSR count). The van der Waals surface area contributed by atoms with Crippen LogP contribution in [0.4, 0.5) is 8.78 Å². The lowest BCUT2D eigenvalue weighted by atomic mass is 10.2. The highest BCUT2D eigenvalue weighted by molar-refractivity contribution is 7.89. The van der Waals surface area contributed by atoms with E-state index in [0.29, 0.717) is 6.07 Å². The van der Waals surface area contributed by atoms with Crippen LogP contribution >= 0.6 is 0 Å². The van der Waals surface area contributed by atoms with Gasteiger partial charge in [0, 0.05) is 38.6 Å². The van der Waals surface area contributed by atoms with Crippen molar-refractivity contribution in [1.82, 2.24) is 19.0 Å². The maximum atomic E-state index is 13.8. The first-order valence-corrected chi connectivity index (χ1v) is 9.48. The average molecular weight is 384 g/mol. The van der Waals surface area contributed by atoms with Gasteiger partial charge in [-0.25, -0.2) is 17.2 Å².